The van der Waals surface area contributed by atoms with Crippen LogP contribution < -0.4 is 5.32 Å². The molecular formula is C10H13F3N2. The summed E-state index contributed by atoms with van der Waals surface area (Å²) in [5.41, 5.74) is 1.10. The number of nitrogens with zero attached hydrogens (tertiary/aromatic N) is 1. The molecule has 15 heavy (non-hydrogen) atoms. The van der Waals surface area contributed by atoms with Gasteiger partial charge < -0.3 is 5.32 Å². The van der Waals surface area contributed by atoms with Gasteiger partial charge in [-0.1, -0.05) is 0 Å². The molecule has 1 heterocycles. The fourth-order valence-corrected chi connectivity index (χ4v) is 1.20. The van der Waals surface area contributed by atoms with Gasteiger partial charge in [0.2, 0.25) is 0 Å². The van der Waals surface area contributed by atoms with E-state index >= 15 is 0 Å². The number of aryl methyl sites for hydroxylation is 1. The highest BCUT2D eigenvalue weighted by Gasteiger charge is 2.25. The lowest BCUT2D eigenvalue weighted by atomic mass is 10.1. The third-order valence-corrected chi connectivity index (χ3v) is 1.89. The molecule has 2 nitrogen and oxygen atoms in total. The molecule has 0 amide bonds. The van der Waals surface area contributed by atoms with Crippen molar-refractivity contribution >= 4 is 0 Å². The molecule has 0 fully saturated rings. The molecule has 0 aliphatic carbocycles. The third kappa shape index (κ3) is 6.06. The molecule has 0 aliphatic rings. The van der Waals surface area contributed by atoms with E-state index in [4.69, 9.17) is 0 Å². The lowest BCUT2D eigenvalue weighted by Crippen LogP contribution is -2.29. The van der Waals surface area contributed by atoms with E-state index < -0.39 is 12.7 Å². The minimum atomic E-state index is -4.11. The van der Waals surface area contributed by atoms with E-state index in [0.717, 1.165) is 12.0 Å². The zero-order chi connectivity index (χ0) is 11.1. The lowest BCUT2D eigenvalue weighted by molar-refractivity contribution is -0.124. The normalized spacial score (nSPS) is 11.7. The SMILES string of the molecule is FC(F)(F)CNCCCc1ccncc1. The van der Waals surface area contributed by atoms with Gasteiger partial charge in [-0.05, 0) is 37.1 Å². The molecule has 1 N–H and O–H groups in total. The monoisotopic (exact) mass is 218 g/mol. The van der Waals surface area contributed by atoms with Crippen molar-refractivity contribution in [2.24, 2.45) is 0 Å². The Morgan fingerprint density at radius 2 is 1.87 bits per heavy atom. The number of alkyl halides is 3. The standard InChI is InChI=1S/C10H13F3N2/c11-10(12,13)8-15-5-1-2-9-3-6-14-7-4-9/h3-4,6-7,15H,1-2,5,8H2. The van der Waals surface area contributed by atoms with E-state index in [0.29, 0.717) is 13.0 Å². The van der Waals surface area contributed by atoms with Crippen molar-refractivity contribution in [1.29, 1.82) is 0 Å². The van der Waals surface area contributed by atoms with Crippen LogP contribution in [0, 0.1) is 0 Å². The number of nitrogens with one attached hydrogen (secondary N) is 1. The van der Waals surface area contributed by atoms with Gasteiger partial charge in [-0.15, -0.1) is 0 Å². The van der Waals surface area contributed by atoms with Crippen LogP contribution in [0.2, 0.25) is 0 Å². The average molecular weight is 218 g/mol. The van der Waals surface area contributed by atoms with Crippen molar-refractivity contribution < 1.29 is 13.2 Å². The van der Waals surface area contributed by atoms with Gasteiger partial charge in [-0.3, -0.25) is 4.98 Å². The summed E-state index contributed by atoms with van der Waals surface area (Å²) in [4.78, 5) is 3.86. The summed E-state index contributed by atoms with van der Waals surface area (Å²) in [6.07, 6.45) is 0.709. The zero-order valence-electron chi connectivity index (χ0n) is 8.22. The summed E-state index contributed by atoms with van der Waals surface area (Å²) in [5.74, 6) is 0. The number of hydrogen-bond acceptors (Lipinski definition) is 2. The summed E-state index contributed by atoms with van der Waals surface area (Å²) in [5, 5.41) is 2.35. The summed E-state index contributed by atoms with van der Waals surface area (Å²) < 4.78 is 35.2. The molecule has 0 saturated carbocycles. The van der Waals surface area contributed by atoms with Crippen LogP contribution >= 0.6 is 0 Å². The summed E-state index contributed by atoms with van der Waals surface area (Å²) in [6.45, 7) is -0.537. The van der Waals surface area contributed by atoms with Crippen molar-refractivity contribution in [2.75, 3.05) is 13.1 Å². The zero-order valence-corrected chi connectivity index (χ0v) is 8.22. The average Bonchev–Trinajstić information content (AvgIpc) is 2.17. The highest BCUT2D eigenvalue weighted by molar-refractivity contribution is 5.09. The Hall–Kier alpha value is -1.10. The van der Waals surface area contributed by atoms with Crippen LogP contribution in [-0.2, 0) is 6.42 Å². The summed E-state index contributed by atoms with van der Waals surface area (Å²) >= 11 is 0. The van der Waals surface area contributed by atoms with Gasteiger partial charge >= 0.3 is 6.18 Å². The molecule has 0 aromatic carbocycles. The molecule has 0 spiro atoms. The lowest BCUT2D eigenvalue weighted by Gasteiger charge is -2.07. The van der Waals surface area contributed by atoms with Crippen molar-refractivity contribution in [3.05, 3.63) is 30.1 Å². The second-order valence-electron chi connectivity index (χ2n) is 3.25. The third-order valence-electron chi connectivity index (χ3n) is 1.89. The molecule has 0 aliphatic heterocycles. The minimum Gasteiger partial charge on any atom is -0.309 e. The van der Waals surface area contributed by atoms with Crippen molar-refractivity contribution in [1.82, 2.24) is 10.3 Å². The molecular weight excluding hydrogens is 205 g/mol. The van der Waals surface area contributed by atoms with Crippen LogP contribution in [0.4, 0.5) is 13.2 Å². The highest BCUT2D eigenvalue weighted by atomic mass is 19.4. The van der Waals surface area contributed by atoms with E-state index in [-0.39, 0.29) is 0 Å². The van der Waals surface area contributed by atoms with Gasteiger partial charge in [0.15, 0.2) is 0 Å². The van der Waals surface area contributed by atoms with Crippen molar-refractivity contribution in [2.45, 2.75) is 19.0 Å². The predicted octanol–water partition coefficient (Wildman–Crippen LogP) is 2.17. The van der Waals surface area contributed by atoms with E-state index in [1.807, 2.05) is 12.1 Å². The molecule has 5 heteroatoms. The molecule has 0 unspecified atom stereocenters. The topological polar surface area (TPSA) is 24.9 Å². The number of hydrogen-bond donors (Lipinski definition) is 1. The van der Waals surface area contributed by atoms with Crippen LogP contribution in [0.15, 0.2) is 24.5 Å². The molecule has 0 saturated heterocycles. The Balaban J connectivity index is 2.08. The Morgan fingerprint density at radius 1 is 1.20 bits per heavy atom. The van der Waals surface area contributed by atoms with E-state index in [2.05, 4.69) is 10.3 Å². The first-order valence-corrected chi connectivity index (χ1v) is 4.74. The first-order valence-electron chi connectivity index (χ1n) is 4.74. The van der Waals surface area contributed by atoms with Gasteiger partial charge in [0.25, 0.3) is 0 Å². The quantitative estimate of drug-likeness (QED) is 0.766. The van der Waals surface area contributed by atoms with Gasteiger partial charge in [0, 0.05) is 12.4 Å². The van der Waals surface area contributed by atoms with Crippen molar-refractivity contribution in [3.8, 4) is 0 Å². The maximum Gasteiger partial charge on any atom is 0.401 e. The molecule has 0 atom stereocenters. The molecule has 1 rings (SSSR count). The molecule has 0 bridgehead atoms. The van der Waals surface area contributed by atoms with Gasteiger partial charge in [0.05, 0.1) is 6.54 Å². The Bertz CT molecular complexity index is 272. The van der Waals surface area contributed by atoms with Crippen molar-refractivity contribution in [3.63, 3.8) is 0 Å². The van der Waals surface area contributed by atoms with Gasteiger partial charge in [-0.2, -0.15) is 13.2 Å². The molecule has 1 aromatic heterocycles. The largest absolute Gasteiger partial charge is 0.401 e. The van der Waals surface area contributed by atoms with Crippen LogP contribution in [0.1, 0.15) is 12.0 Å². The molecule has 1 aromatic rings. The Morgan fingerprint density at radius 3 is 2.47 bits per heavy atom. The Kier molecular flexibility index (Phi) is 4.55. The summed E-state index contributed by atoms with van der Waals surface area (Å²) in [7, 11) is 0. The maximum absolute atomic E-state index is 11.7. The first-order chi connectivity index (χ1) is 7.08. The predicted molar refractivity (Wildman–Crippen MR) is 51.5 cm³/mol. The van der Waals surface area contributed by atoms with Gasteiger partial charge in [-0.25, -0.2) is 0 Å². The minimum absolute atomic E-state index is 0.377. The maximum atomic E-state index is 11.7. The Labute approximate surface area is 86.5 Å². The van der Waals surface area contributed by atoms with Crippen LogP contribution in [0.3, 0.4) is 0 Å². The number of rotatable bonds is 5. The van der Waals surface area contributed by atoms with E-state index in [1.165, 1.54) is 0 Å². The fourth-order valence-electron chi connectivity index (χ4n) is 1.20. The highest BCUT2D eigenvalue weighted by Crippen LogP contribution is 2.12. The first kappa shape index (κ1) is 12.0. The van der Waals surface area contributed by atoms with Crippen LogP contribution in [-0.4, -0.2) is 24.2 Å². The number of pyridine rings is 1. The van der Waals surface area contributed by atoms with Gasteiger partial charge in [0.1, 0.15) is 0 Å². The number of aromatic nitrogens is 1. The van der Waals surface area contributed by atoms with E-state index in [1.54, 1.807) is 12.4 Å². The van der Waals surface area contributed by atoms with E-state index in [9.17, 15) is 13.2 Å². The van der Waals surface area contributed by atoms with Crippen LogP contribution in [0.5, 0.6) is 0 Å². The number of halogens is 3. The molecule has 84 valence electrons. The van der Waals surface area contributed by atoms with Crippen LogP contribution in [0.25, 0.3) is 0 Å². The second kappa shape index (κ2) is 5.70. The molecule has 0 radical (unpaired) electrons. The summed E-state index contributed by atoms with van der Waals surface area (Å²) in [6, 6.07) is 3.73. The second-order valence-corrected chi connectivity index (χ2v) is 3.25. The smallest absolute Gasteiger partial charge is 0.309 e. The fraction of sp³-hybridized carbons (Fsp3) is 0.500.